The minimum absolute atomic E-state index is 0.518. The number of nitrogens with one attached hydrogen (secondary N) is 1. The summed E-state index contributed by atoms with van der Waals surface area (Å²) in [5.74, 6) is 0. The van der Waals surface area contributed by atoms with Gasteiger partial charge in [0.25, 0.3) is 0 Å². The Labute approximate surface area is 101 Å². The van der Waals surface area contributed by atoms with Crippen LogP contribution in [0.3, 0.4) is 0 Å². The van der Waals surface area contributed by atoms with Crippen LogP contribution in [0.4, 0.5) is 0 Å². The summed E-state index contributed by atoms with van der Waals surface area (Å²) in [6.07, 6.45) is 8.00. The normalized spacial score (nSPS) is 21.2. The summed E-state index contributed by atoms with van der Waals surface area (Å²) in [6.45, 7) is 9.58. The van der Waals surface area contributed by atoms with Crippen molar-refractivity contribution in [3.8, 4) is 0 Å². The summed E-state index contributed by atoms with van der Waals surface area (Å²) in [7, 11) is 0. The zero-order valence-corrected chi connectivity index (χ0v) is 11.3. The molecule has 1 atom stereocenters. The Kier molecular flexibility index (Phi) is 6.37. The third-order valence-corrected chi connectivity index (χ3v) is 4.13. The summed E-state index contributed by atoms with van der Waals surface area (Å²) in [4.78, 5) is 0. The van der Waals surface area contributed by atoms with Gasteiger partial charge in [-0.2, -0.15) is 0 Å². The van der Waals surface area contributed by atoms with E-state index >= 15 is 0 Å². The van der Waals surface area contributed by atoms with Crippen molar-refractivity contribution in [3.63, 3.8) is 0 Å². The molecule has 0 aromatic rings. The lowest BCUT2D eigenvalue weighted by molar-refractivity contribution is 0.0565. The molecule has 1 aliphatic carbocycles. The molecule has 0 spiro atoms. The lowest BCUT2D eigenvalue weighted by atomic mass is 9.76. The molecule has 96 valence electrons. The highest BCUT2D eigenvalue weighted by molar-refractivity contribution is 4.93. The Morgan fingerprint density at radius 3 is 2.38 bits per heavy atom. The van der Waals surface area contributed by atoms with E-state index in [1.165, 1.54) is 32.1 Å². The Bertz CT molecular complexity index is 176. The standard InChI is InChI=1S/C14H29NO/c1-4-11-16-12-13(15-6-3)14(5-2)9-7-8-10-14/h13,15H,4-12H2,1-3H3. The van der Waals surface area contributed by atoms with Crippen molar-refractivity contribution in [1.29, 1.82) is 0 Å². The molecule has 16 heavy (non-hydrogen) atoms. The van der Waals surface area contributed by atoms with Crippen LogP contribution in [0.25, 0.3) is 0 Å². The first-order chi connectivity index (χ1) is 7.79. The first-order valence-electron chi connectivity index (χ1n) is 7.10. The molecule has 0 saturated heterocycles. The lowest BCUT2D eigenvalue weighted by Crippen LogP contribution is -2.46. The Morgan fingerprint density at radius 1 is 1.19 bits per heavy atom. The van der Waals surface area contributed by atoms with Gasteiger partial charge in [0.15, 0.2) is 0 Å². The van der Waals surface area contributed by atoms with Crippen LogP contribution in [-0.4, -0.2) is 25.8 Å². The van der Waals surface area contributed by atoms with Crippen molar-refractivity contribution in [2.45, 2.75) is 65.3 Å². The average molecular weight is 227 g/mol. The van der Waals surface area contributed by atoms with E-state index in [0.717, 1.165) is 26.2 Å². The predicted molar refractivity (Wildman–Crippen MR) is 69.8 cm³/mol. The van der Waals surface area contributed by atoms with Gasteiger partial charge in [-0.1, -0.05) is 33.6 Å². The maximum Gasteiger partial charge on any atom is 0.0625 e. The number of ether oxygens (including phenoxy) is 1. The molecule has 1 aliphatic rings. The fourth-order valence-electron chi connectivity index (χ4n) is 3.07. The third-order valence-electron chi connectivity index (χ3n) is 4.13. The molecular weight excluding hydrogens is 198 g/mol. The quantitative estimate of drug-likeness (QED) is 0.642. The summed E-state index contributed by atoms with van der Waals surface area (Å²) in [5, 5.41) is 3.65. The number of rotatable bonds is 8. The van der Waals surface area contributed by atoms with Crippen LogP contribution in [-0.2, 0) is 4.74 Å². The van der Waals surface area contributed by atoms with E-state index in [1.807, 2.05) is 0 Å². The number of hydrogen-bond acceptors (Lipinski definition) is 2. The van der Waals surface area contributed by atoms with Crippen LogP contribution in [0.2, 0.25) is 0 Å². The molecule has 0 aliphatic heterocycles. The van der Waals surface area contributed by atoms with E-state index in [9.17, 15) is 0 Å². The molecule has 2 heteroatoms. The molecule has 1 unspecified atom stereocenters. The van der Waals surface area contributed by atoms with Crippen LogP contribution in [0.1, 0.15) is 59.3 Å². The molecule has 1 saturated carbocycles. The zero-order valence-electron chi connectivity index (χ0n) is 11.3. The van der Waals surface area contributed by atoms with Gasteiger partial charge in [-0.15, -0.1) is 0 Å². The van der Waals surface area contributed by atoms with Crippen LogP contribution in [0.15, 0.2) is 0 Å². The fourth-order valence-corrected chi connectivity index (χ4v) is 3.07. The van der Waals surface area contributed by atoms with Crippen molar-refractivity contribution in [3.05, 3.63) is 0 Å². The minimum atomic E-state index is 0.518. The average Bonchev–Trinajstić information content (AvgIpc) is 2.78. The van der Waals surface area contributed by atoms with Gasteiger partial charge in [-0.3, -0.25) is 0 Å². The molecule has 0 heterocycles. The summed E-state index contributed by atoms with van der Waals surface area (Å²) in [6, 6.07) is 0.566. The van der Waals surface area contributed by atoms with Crippen molar-refractivity contribution in [2.75, 3.05) is 19.8 Å². The largest absolute Gasteiger partial charge is 0.380 e. The van der Waals surface area contributed by atoms with Crippen molar-refractivity contribution in [2.24, 2.45) is 5.41 Å². The van der Waals surface area contributed by atoms with E-state index in [-0.39, 0.29) is 0 Å². The van der Waals surface area contributed by atoms with Crippen LogP contribution >= 0.6 is 0 Å². The van der Waals surface area contributed by atoms with E-state index in [2.05, 4.69) is 26.1 Å². The Hall–Kier alpha value is -0.0800. The molecule has 0 bridgehead atoms. The van der Waals surface area contributed by atoms with Crippen LogP contribution in [0, 0.1) is 5.41 Å². The van der Waals surface area contributed by atoms with Crippen LogP contribution in [0.5, 0.6) is 0 Å². The first-order valence-corrected chi connectivity index (χ1v) is 7.10. The van der Waals surface area contributed by atoms with Crippen molar-refractivity contribution in [1.82, 2.24) is 5.32 Å². The topological polar surface area (TPSA) is 21.3 Å². The zero-order chi connectivity index (χ0) is 11.9. The van der Waals surface area contributed by atoms with E-state index < -0.39 is 0 Å². The van der Waals surface area contributed by atoms with Gasteiger partial charge in [0.1, 0.15) is 0 Å². The second-order valence-corrected chi connectivity index (χ2v) is 5.11. The molecule has 0 aromatic heterocycles. The molecular formula is C14H29NO. The van der Waals surface area contributed by atoms with Gasteiger partial charge < -0.3 is 10.1 Å². The molecule has 0 radical (unpaired) electrons. The monoisotopic (exact) mass is 227 g/mol. The summed E-state index contributed by atoms with van der Waals surface area (Å²) < 4.78 is 5.77. The lowest BCUT2D eigenvalue weighted by Gasteiger charge is -2.37. The Balaban J connectivity index is 2.51. The van der Waals surface area contributed by atoms with E-state index in [1.54, 1.807) is 0 Å². The van der Waals surface area contributed by atoms with Crippen LogP contribution < -0.4 is 5.32 Å². The summed E-state index contributed by atoms with van der Waals surface area (Å²) >= 11 is 0. The first kappa shape index (κ1) is 14.0. The predicted octanol–water partition coefficient (Wildman–Crippen LogP) is 3.36. The molecule has 1 N–H and O–H groups in total. The SMILES string of the molecule is CCCOCC(NCC)C1(CC)CCCC1. The molecule has 1 rings (SSSR count). The van der Waals surface area contributed by atoms with Crippen molar-refractivity contribution < 1.29 is 4.74 Å². The second kappa shape index (κ2) is 7.29. The minimum Gasteiger partial charge on any atom is -0.380 e. The highest BCUT2D eigenvalue weighted by atomic mass is 16.5. The van der Waals surface area contributed by atoms with Gasteiger partial charge in [-0.05, 0) is 37.6 Å². The fraction of sp³-hybridized carbons (Fsp3) is 1.00. The molecule has 0 amide bonds. The maximum atomic E-state index is 5.77. The highest BCUT2D eigenvalue weighted by Crippen LogP contribution is 2.43. The van der Waals surface area contributed by atoms with Gasteiger partial charge in [-0.25, -0.2) is 0 Å². The van der Waals surface area contributed by atoms with Crippen molar-refractivity contribution >= 4 is 0 Å². The number of hydrogen-bond donors (Lipinski definition) is 1. The van der Waals surface area contributed by atoms with E-state index in [4.69, 9.17) is 4.74 Å². The van der Waals surface area contributed by atoms with Gasteiger partial charge in [0.2, 0.25) is 0 Å². The second-order valence-electron chi connectivity index (χ2n) is 5.11. The summed E-state index contributed by atoms with van der Waals surface area (Å²) in [5.41, 5.74) is 0.518. The van der Waals surface area contributed by atoms with Gasteiger partial charge >= 0.3 is 0 Å². The number of likely N-dealkylation sites (N-methyl/N-ethyl adjacent to an activating group) is 1. The molecule has 0 aromatic carbocycles. The highest BCUT2D eigenvalue weighted by Gasteiger charge is 2.39. The van der Waals surface area contributed by atoms with Gasteiger partial charge in [0.05, 0.1) is 6.61 Å². The van der Waals surface area contributed by atoms with Gasteiger partial charge in [0, 0.05) is 12.6 Å². The Morgan fingerprint density at radius 2 is 1.88 bits per heavy atom. The molecule has 1 fully saturated rings. The van der Waals surface area contributed by atoms with E-state index in [0.29, 0.717) is 11.5 Å². The molecule has 2 nitrogen and oxygen atoms in total. The third kappa shape index (κ3) is 3.46. The smallest absolute Gasteiger partial charge is 0.0625 e. The maximum absolute atomic E-state index is 5.77.